The first-order valence-corrected chi connectivity index (χ1v) is 8.24. The Hall–Kier alpha value is -2.24. The van der Waals surface area contributed by atoms with Gasteiger partial charge in [0.2, 0.25) is 11.8 Å². The summed E-state index contributed by atoms with van der Waals surface area (Å²) in [6.07, 6.45) is 2.27. The number of nitrogens with one attached hydrogen (secondary N) is 1. The number of benzene rings is 1. The SMILES string of the molecule is CCCCN(CCNC(=O)Cc1ccc(OC)c(OC)c1)C(C)=O. The van der Waals surface area contributed by atoms with Crippen LogP contribution in [0.3, 0.4) is 0 Å². The molecule has 0 aliphatic rings. The molecular formula is C18H28N2O4. The van der Waals surface area contributed by atoms with E-state index in [0.717, 1.165) is 24.9 Å². The Morgan fingerprint density at radius 1 is 1.12 bits per heavy atom. The molecule has 0 heterocycles. The number of hydrogen-bond acceptors (Lipinski definition) is 4. The lowest BCUT2D eigenvalue weighted by Gasteiger charge is -2.21. The number of carbonyl (C=O) groups excluding carboxylic acids is 2. The number of rotatable bonds is 10. The molecule has 6 nitrogen and oxygen atoms in total. The number of hydrogen-bond donors (Lipinski definition) is 1. The third-order valence-electron chi connectivity index (χ3n) is 3.74. The summed E-state index contributed by atoms with van der Waals surface area (Å²) in [4.78, 5) is 25.3. The van der Waals surface area contributed by atoms with E-state index in [0.29, 0.717) is 24.6 Å². The minimum absolute atomic E-state index is 0.0394. The highest BCUT2D eigenvalue weighted by molar-refractivity contribution is 5.79. The average Bonchev–Trinajstić information content (AvgIpc) is 2.57. The molecule has 24 heavy (non-hydrogen) atoms. The predicted molar refractivity (Wildman–Crippen MR) is 93.4 cm³/mol. The molecule has 1 aromatic carbocycles. The topological polar surface area (TPSA) is 67.9 Å². The molecule has 6 heteroatoms. The molecular weight excluding hydrogens is 308 g/mol. The summed E-state index contributed by atoms with van der Waals surface area (Å²) in [6.45, 7) is 5.37. The Bertz CT molecular complexity index is 546. The minimum atomic E-state index is -0.0822. The lowest BCUT2D eigenvalue weighted by atomic mass is 10.1. The molecule has 1 rings (SSSR count). The van der Waals surface area contributed by atoms with Gasteiger partial charge in [-0.25, -0.2) is 0 Å². The second kappa shape index (κ2) is 10.5. The molecule has 0 aromatic heterocycles. The second-order valence-corrected chi connectivity index (χ2v) is 5.58. The van der Waals surface area contributed by atoms with Gasteiger partial charge in [-0.2, -0.15) is 0 Å². The Morgan fingerprint density at radius 2 is 1.83 bits per heavy atom. The molecule has 0 fully saturated rings. The molecule has 0 spiro atoms. The Kier molecular flexibility index (Phi) is 8.68. The van der Waals surface area contributed by atoms with Crippen LogP contribution < -0.4 is 14.8 Å². The van der Waals surface area contributed by atoms with Crippen molar-refractivity contribution in [3.63, 3.8) is 0 Å². The Morgan fingerprint density at radius 3 is 2.42 bits per heavy atom. The smallest absolute Gasteiger partial charge is 0.224 e. The first-order chi connectivity index (χ1) is 11.5. The molecule has 0 bridgehead atoms. The van der Waals surface area contributed by atoms with Crippen LogP contribution in [0.4, 0.5) is 0 Å². The summed E-state index contributed by atoms with van der Waals surface area (Å²) in [5, 5.41) is 2.85. The maximum absolute atomic E-state index is 12.0. The van der Waals surface area contributed by atoms with E-state index < -0.39 is 0 Å². The van der Waals surface area contributed by atoms with E-state index in [-0.39, 0.29) is 18.2 Å². The van der Waals surface area contributed by atoms with Crippen molar-refractivity contribution in [2.24, 2.45) is 0 Å². The van der Waals surface area contributed by atoms with E-state index >= 15 is 0 Å². The van der Waals surface area contributed by atoms with Crippen LogP contribution in [0.15, 0.2) is 18.2 Å². The molecule has 2 amide bonds. The summed E-state index contributed by atoms with van der Waals surface area (Å²) in [5.74, 6) is 1.19. The normalized spacial score (nSPS) is 10.2. The van der Waals surface area contributed by atoms with Gasteiger partial charge in [-0.3, -0.25) is 9.59 Å². The monoisotopic (exact) mass is 336 g/mol. The highest BCUT2D eigenvalue weighted by Gasteiger charge is 2.10. The minimum Gasteiger partial charge on any atom is -0.493 e. The zero-order chi connectivity index (χ0) is 17.9. The van der Waals surface area contributed by atoms with Crippen LogP contribution >= 0.6 is 0 Å². The Labute approximate surface area is 144 Å². The predicted octanol–water partition coefficient (Wildman–Crippen LogP) is 2.01. The number of nitrogens with zero attached hydrogens (tertiary/aromatic N) is 1. The molecule has 134 valence electrons. The van der Waals surface area contributed by atoms with Crippen LogP contribution in [-0.2, 0) is 16.0 Å². The number of unbranched alkanes of at least 4 members (excludes halogenated alkanes) is 1. The van der Waals surface area contributed by atoms with Gasteiger partial charge in [0.15, 0.2) is 11.5 Å². The zero-order valence-corrected chi connectivity index (χ0v) is 15.1. The van der Waals surface area contributed by atoms with Crippen LogP contribution in [0, 0.1) is 0 Å². The molecule has 0 unspecified atom stereocenters. The summed E-state index contributed by atoms with van der Waals surface area (Å²) in [5.41, 5.74) is 0.847. The first kappa shape index (κ1) is 19.8. The first-order valence-electron chi connectivity index (χ1n) is 8.24. The molecule has 0 saturated carbocycles. The maximum atomic E-state index is 12.0. The van der Waals surface area contributed by atoms with Gasteiger partial charge in [0, 0.05) is 26.6 Å². The average molecular weight is 336 g/mol. The van der Waals surface area contributed by atoms with E-state index in [2.05, 4.69) is 12.2 Å². The van der Waals surface area contributed by atoms with Gasteiger partial charge in [0.05, 0.1) is 20.6 Å². The van der Waals surface area contributed by atoms with Crippen LogP contribution in [0.1, 0.15) is 32.3 Å². The molecule has 1 N–H and O–H groups in total. The standard InChI is InChI=1S/C18H28N2O4/c1-5-6-10-20(14(2)21)11-9-19-18(22)13-15-7-8-16(23-3)17(12-15)24-4/h7-8,12H,5-6,9-11,13H2,1-4H3,(H,19,22). The maximum Gasteiger partial charge on any atom is 0.224 e. The molecule has 0 saturated heterocycles. The highest BCUT2D eigenvalue weighted by Crippen LogP contribution is 2.27. The van der Waals surface area contributed by atoms with Crippen molar-refractivity contribution in [1.82, 2.24) is 10.2 Å². The lowest BCUT2D eigenvalue weighted by molar-refractivity contribution is -0.129. The fourth-order valence-corrected chi connectivity index (χ4v) is 2.34. The quantitative estimate of drug-likeness (QED) is 0.710. The summed E-state index contributed by atoms with van der Waals surface area (Å²) in [7, 11) is 3.14. The second-order valence-electron chi connectivity index (χ2n) is 5.58. The number of amides is 2. The molecule has 0 atom stereocenters. The van der Waals surface area contributed by atoms with Gasteiger partial charge >= 0.3 is 0 Å². The summed E-state index contributed by atoms with van der Waals surface area (Å²) >= 11 is 0. The fraction of sp³-hybridized carbons (Fsp3) is 0.556. The zero-order valence-electron chi connectivity index (χ0n) is 15.1. The third-order valence-corrected chi connectivity index (χ3v) is 3.74. The third kappa shape index (κ3) is 6.48. The van der Waals surface area contributed by atoms with Gasteiger partial charge in [-0.05, 0) is 24.1 Å². The molecule has 0 radical (unpaired) electrons. The summed E-state index contributed by atoms with van der Waals surface area (Å²) < 4.78 is 10.4. The van der Waals surface area contributed by atoms with Crippen molar-refractivity contribution in [2.75, 3.05) is 33.9 Å². The van der Waals surface area contributed by atoms with Crippen molar-refractivity contribution in [2.45, 2.75) is 33.1 Å². The van der Waals surface area contributed by atoms with Crippen LogP contribution in [-0.4, -0.2) is 50.6 Å². The van der Waals surface area contributed by atoms with Gasteiger partial charge in [-0.15, -0.1) is 0 Å². The lowest BCUT2D eigenvalue weighted by Crippen LogP contribution is -2.38. The van der Waals surface area contributed by atoms with Gasteiger partial charge in [0.25, 0.3) is 0 Å². The van der Waals surface area contributed by atoms with Gasteiger partial charge < -0.3 is 19.7 Å². The van der Waals surface area contributed by atoms with Gasteiger partial charge in [0.1, 0.15) is 0 Å². The molecule has 1 aromatic rings. The van der Waals surface area contributed by atoms with Crippen LogP contribution in [0.25, 0.3) is 0 Å². The van der Waals surface area contributed by atoms with Crippen molar-refractivity contribution in [3.05, 3.63) is 23.8 Å². The van der Waals surface area contributed by atoms with Crippen molar-refractivity contribution in [1.29, 1.82) is 0 Å². The van der Waals surface area contributed by atoms with Crippen LogP contribution in [0.2, 0.25) is 0 Å². The fourth-order valence-electron chi connectivity index (χ4n) is 2.34. The summed E-state index contributed by atoms with van der Waals surface area (Å²) in [6, 6.07) is 5.41. The van der Waals surface area contributed by atoms with Crippen molar-refractivity contribution in [3.8, 4) is 11.5 Å². The van der Waals surface area contributed by atoms with E-state index in [1.165, 1.54) is 0 Å². The van der Waals surface area contributed by atoms with E-state index in [4.69, 9.17) is 9.47 Å². The molecule has 0 aliphatic carbocycles. The van der Waals surface area contributed by atoms with Gasteiger partial charge in [-0.1, -0.05) is 19.4 Å². The van der Waals surface area contributed by atoms with E-state index in [9.17, 15) is 9.59 Å². The van der Waals surface area contributed by atoms with E-state index in [1.807, 2.05) is 6.07 Å². The van der Waals surface area contributed by atoms with Crippen LogP contribution in [0.5, 0.6) is 11.5 Å². The highest BCUT2D eigenvalue weighted by atomic mass is 16.5. The molecule has 0 aliphatic heterocycles. The number of ether oxygens (including phenoxy) is 2. The largest absolute Gasteiger partial charge is 0.493 e. The van der Waals surface area contributed by atoms with Crippen molar-refractivity contribution >= 4 is 11.8 Å². The van der Waals surface area contributed by atoms with Crippen molar-refractivity contribution < 1.29 is 19.1 Å². The number of carbonyl (C=O) groups is 2. The number of methoxy groups -OCH3 is 2. The Balaban J connectivity index is 2.47. The van der Waals surface area contributed by atoms with E-state index in [1.54, 1.807) is 38.2 Å².